The molecule has 0 bridgehead atoms. The van der Waals surface area contributed by atoms with Gasteiger partial charge in [-0.05, 0) is 19.1 Å². The molecular formula is C23H21N5O2S. The van der Waals surface area contributed by atoms with Gasteiger partial charge >= 0.3 is 0 Å². The number of hydrogen-bond donors (Lipinski definition) is 0. The number of fused-ring (bicyclic) bond motifs is 1. The van der Waals surface area contributed by atoms with Gasteiger partial charge in [-0.2, -0.15) is 9.61 Å². The lowest BCUT2D eigenvalue weighted by Gasteiger charge is -2.35. The van der Waals surface area contributed by atoms with E-state index >= 15 is 0 Å². The van der Waals surface area contributed by atoms with Gasteiger partial charge in [-0.25, -0.2) is 4.98 Å². The Morgan fingerprint density at radius 1 is 0.968 bits per heavy atom. The first-order valence-corrected chi connectivity index (χ1v) is 11.0. The van der Waals surface area contributed by atoms with E-state index in [-0.39, 0.29) is 11.5 Å². The van der Waals surface area contributed by atoms with Crippen molar-refractivity contribution in [1.82, 2.24) is 19.5 Å². The molecule has 0 radical (unpaired) electrons. The number of benzene rings is 2. The standard InChI is InChI=1S/C23H21N5O2S/c1-16-7-9-18(10-8-16)22(30)27-13-11-26(12-14-27)19-15-20(29)28-23(24-19)31-21(25-28)17-5-3-2-4-6-17/h2-10,15H,11-14H2,1H3. The van der Waals surface area contributed by atoms with Crippen LogP contribution in [-0.2, 0) is 0 Å². The van der Waals surface area contributed by atoms with Crippen molar-refractivity contribution < 1.29 is 4.79 Å². The normalized spacial score (nSPS) is 14.2. The monoisotopic (exact) mass is 431 g/mol. The maximum absolute atomic E-state index is 12.8. The van der Waals surface area contributed by atoms with E-state index in [0.717, 1.165) is 16.1 Å². The molecule has 5 rings (SSSR count). The molecule has 2 aromatic heterocycles. The summed E-state index contributed by atoms with van der Waals surface area (Å²) in [7, 11) is 0. The minimum atomic E-state index is -0.198. The minimum Gasteiger partial charge on any atom is -0.353 e. The second-order valence-electron chi connectivity index (χ2n) is 7.57. The summed E-state index contributed by atoms with van der Waals surface area (Å²) in [4.78, 5) is 34.6. The van der Waals surface area contributed by atoms with Crippen LogP contribution in [0.25, 0.3) is 15.5 Å². The molecule has 0 unspecified atom stereocenters. The number of piperazine rings is 1. The molecule has 0 N–H and O–H groups in total. The Balaban J connectivity index is 1.34. The van der Waals surface area contributed by atoms with Gasteiger partial charge in [-0.3, -0.25) is 9.59 Å². The molecule has 1 saturated heterocycles. The second-order valence-corrected chi connectivity index (χ2v) is 8.52. The lowest BCUT2D eigenvalue weighted by Crippen LogP contribution is -2.49. The Kier molecular flexibility index (Phi) is 4.99. The van der Waals surface area contributed by atoms with Gasteiger partial charge in [0.1, 0.15) is 10.8 Å². The number of rotatable bonds is 3. The molecule has 1 fully saturated rings. The molecule has 1 aliphatic heterocycles. The predicted octanol–water partition coefficient (Wildman–Crippen LogP) is 3.09. The average Bonchev–Trinajstić information content (AvgIpc) is 3.25. The number of nitrogens with zero attached hydrogens (tertiary/aromatic N) is 5. The third-order valence-electron chi connectivity index (χ3n) is 5.44. The molecule has 0 spiro atoms. The summed E-state index contributed by atoms with van der Waals surface area (Å²) in [5, 5.41) is 5.19. The fourth-order valence-corrected chi connectivity index (χ4v) is 4.58. The first kappa shape index (κ1) is 19.4. The van der Waals surface area contributed by atoms with Gasteiger partial charge in [-0.15, -0.1) is 0 Å². The van der Waals surface area contributed by atoms with Gasteiger partial charge in [0.05, 0.1) is 0 Å². The Bertz CT molecular complexity index is 1290. The molecule has 4 aromatic rings. The zero-order chi connectivity index (χ0) is 21.4. The van der Waals surface area contributed by atoms with Crippen molar-refractivity contribution in [2.75, 3.05) is 31.1 Å². The largest absolute Gasteiger partial charge is 0.353 e. The van der Waals surface area contributed by atoms with Crippen LogP contribution in [-0.4, -0.2) is 51.6 Å². The number of aromatic nitrogens is 3. The Morgan fingerprint density at radius 3 is 2.39 bits per heavy atom. The van der Waals surface area contributed by atoms with Gasteiger partial charge in [0.2, 0.25) is 4.96 Å². The zero-order valence-corrected chi connectivity index (χ0v) is 17.9. The van der Waals surface area contributed by atoms with Crippen molar-refractivity contribution in [2.24, 2.45) is 0 Å². The van der Waals surface area contributed by atoms with E-state index in [9.17, 15) is 9.59 Å². The minimum absolute atomic E-state index is 0.0399. The van der Waals surface area contributed by atoms with Crippen LogP contribution >= 0.6 is 11.3 Å². The van der Waals surface area contributed by atoms with E-state index in [0.29, 0.717) is 42.5 Å². The maximum Gasteiger partial charge on any atom is 0.277 e. The van der Waals surface area contributed by atoms with Gasteiger partial charge < -0.3 is 9.80 Å². The topological polar surface area (TPSA) is 70.8 Å². The molecule has 2 aromatic carbocycles. The number of anilines is 1. The molecule has 0 atom stereocenters. The van der Waals surface area contributed by atoms with Crippen molar-refractivity contribution in [3.8, 4) is 10.6 Å². The Labute approximate surface area is 183 Å². The van der Waals surface area contributed by atoms with Crippen LogP contribution in [0.3, 0.4) is 0 Å². The van der Waals surface area contributed by atoms with Gasteiger partial charge in [0.15, 0.2) is 0 Å². The van der Waals surface area contributed by atoms with Crippen molar-refractivity contribution >= 4 is 28.0 Å². The highest BCUT2D eigenvalue weighted by atomic mass is 32.1. The molecule has 31 heavy (non-hydrogen) atoms. The van der Waals surface area contributed by atoms with Gasteiger partial charge in [0, 0.05) is 43.4 Å². The van der Waals surface area contributed by atoms with Crippen LogP contribution in [0.5, 0.6) is 0 Å². The van der Waals surface area contributed by atoms with Gasteiger partial charge in [-0.1, -0.05) is 59.4 Å². The van der Waals surface area contributed by atoms with Crippen LogP contribution in [0.4, 0.5) is 5.82 Å². The van der Waals surface area contributed by atoms with E-state index in [2.05, 4.69) is 15.0 Å². The molecule has 3 heterocycles. The predicted molar refractivity (Wildman–Crippen MR) is 122 cm³/mol. The summed E-state index contributed by atoms with van der Waals surface area (Å²) in [6, 6.07) is 18.9. The zero-order valence-electron chi connectivity index (χ0n) is 17.1. The second kappa shape index (κ2) is 7.96. The summed E-state index contributed by atoms with van der Waals surface area (Å²) in [5.74, 6) is 0.675. The lowest BCUT2D eigenvalue weighted by molar-refractivity contribution is 0.0746. The quantitative estimate of drug-likeness (QED) is 0.499. The van der Waals surface area contributed by atoms with Crippen LogP contribution < -0.4 is 10.5 Å². The lowest BCUT2D eigenvalue weighted by atomic mass is 10.1. The summed E-state index contributed by atoms with van der Waals surface area (Å²) in [6.07, 6.45) is 0. The number of carbonyl (C=O) groups excluding carboxylic acids is 1. The SMILES string of the molecule is Cc1ccc(C(=O)N2CCN(c3cc(=O)n4nc(-c5ccccc5)sc4n3)CC2)cc1. The fourth-order valence-electron chi connectivity index (χ4n) is 3.68. The third-order valence-corrected chi connectivity index (χ3v) is 6.40. The molecule has 1 amide bonds. The fraction of sp³-hybridized carbons (Fsp3) is 0.217. The summed E-state index contributed by atoms with van der Waals surface area (Å²) in [5.41, 5.74) is 2.60. The molecule has 7 nitrogen and oxygen atoms in total. The molecule has 0 aliphatic carbocycles. The van der Waals surface area contributed by atoms with E-state index < -0.39 is 0 Å². The Morgan fingerprint density at radius 2 is 1.68 bits per heavy atom. The highest BCUT2D eigenvalue weighted by Crippen LogP contribution is 2.25. The third kappa shape index (κ3) is 3.82. The van der Waals surface area contributed by atoms with Crippen molar-refractivity contribution in [1.29, 1.82) is 0 Å². The van der Waals surface area contributed by atoms with E-state index in [1.807, 2.05) is 66.4 Å². The van der Waals surface area contributed by atoms with Crippen molar-refractivity contribution in [2.45, 2.75) is 6.92 Å². The number of aryl methyl sites for hydroxylation is 1. The Hall–Kier alpha value is -3.52. The van der Waals surface area contributed by atoms with Crippen molar-refractivity contribution in [3.63, 3.8) is 0 Å². The summed E-state index contributed by atoms with van der Waals surface area (Å²) in [6.45, 7) is 4.44. The highest BCUT2D eigenvalue weighted by Gasteiger charge is 2.24. The van der Waals surface area contributed by atoms with E-state index in [1.54, 1.807) is 0 Å². The molecule has 0 saturated carbocycles. The van der Waals surface area contributed by atoms with Crippen LogP contribution in [0.1, 0.15) is 15.9 Å². The summed E-state index contributed by atoms with van der Waals surface area (Å²) < 4.78 is 1.35. The number of amides is 1. The smallest absolute Gasteiger partial charge is 0.277 e. The average molecular weight is 432 g/mol. The van der Waals surface area contributed by atoms with Gasteiger partial charge in [0.25, 0.3) is 11.5 Å². The number of hydrogen-bond acceptors (Lipinski definition) is 6. The van der Waals surface area contributed by atoms with Crippen molar-refractivity contribution in [3.05, 3.63) is 82.1 Å². The van der Waals surface area contributed by atoms with Crippen LogP contribution in [0.15, 0.2) is 65.5 Å². The van der Waals surface area contributed by atoms with Crippen LogP contribution in [0.2, 0.25) is 0 Å². The van der Waals surface area contributed by atoms with E-state index in [4.69, 9.17) is 0 Å². The first-order valence-electron chi connectivity index (χ1n) is 10.2. The van der Waals surface area contributed by atoms with E-state index in [1.165, 1.54) is 21.9 Å². The molecular weight excluding hydrogens is 410 g/mol. The summed E-state index contributed by atoms with van der Waals surface area (Å²) >= 11 is 1.40. The van der Waals surface area contributed by atoms with Crippen LogP contribution in [0, 0.1) is 6.92 Å². The maximum atomic E-state index is 12.8. The first-order chi connectivity index (χ1) is 15.1. The molecule has 1 aliphatic rings. The number of carbonyl (C=O) groups is 1. The molecule has 8 heteroatoms. The highest BCUT2D eigenvalue weighted by molar-refractivity contribution is 7.19. The molecule has 156 valence electrons.